The van der Waals surface area contributed by atoms with Crippen molar-refractivity contribution in [3.05, 3.63) is 0 Å². The van der Waals surface area contributed by atoms with Gasteiger partial charge in [-0.15, -0.1) is 0 Å². The van der Waals surface area contributed by atoms with Crippen molar-refractivity contribution in [3.63, 3.8) is 0 Å². The zero-order chi connectivity index (χ0) is 24.2. The van der Waals surface area contributed by atoms with Crippen LogP contribution in [0.1, 0.15) is 194 Å². The molecule has 0 aliphatic carbocycles. The van der Waals surface area contributed by atoms with Gasteiger partial charge < -0.3 is 5.11 Å². The van der Waals surface area contributed by atoms with Crippen LogP contribution in [0.2, 0.25) is 0 Å². The van der Waals surface area contributed by atoms with E-state index in [2.05, 4.69) is 20.8 Å². The molecule has 0 radical (unpaired) electrons. The largest absolute Gasteiger partial charge is 0.393 e. The molecule has 200 valence electrons. The number of rotatable bonds is 28. The summed E-state index contributed by atoms with van der Waals surface area (Å²) < 4.78 is 0. The first-order valence-corrected chi connectivity index (χ1v) is 15.9. The first kappa shape index (κ1) is 33.0. The molecule has 0 fully saturated rings. The summed E-state index contributed by atoms with van der Waals surface area (Å²) in [5.41, 5.74) is 0. The lowest BCUT2D eigenvalue weighted by Gasteiger charge is -2.11. The summed E-state index contributed by atoms with van der Waals surface area (Å²) in [5.74, 6) is 0.951. The summed E-state index contributed by atoms with van der Waals surface area (Å²) in [6.45, 7) is 7.03. The van der Waals surface area contributed by atoms with E-state index < -0.39 is 0 Å². The second-order valence-corrected chi connectivity index (χ2v) is 11.3. The number of unbranched alkanes of at least 4 members (excludes halogenated alkanes) is 20. The molecule has 1 N–H and O–H groups in total. The molecule has 1 unspecified atom stereocenters. The minimum Gasteiger partial charge on any atom is -0.393 e. The smallest absolute Gasteiger partial charge is 0.0540 e. The second-order valence-electron chi connectivity index (χ2n) is 11.3. The second kappa shape index (κ2) is 28.2. The van der Waals surface area contributed by atoms with E-state index in [0.717, 1.165) is 18.8 Å². The van der Waals surface area contributed by atoms with Crippen molar-refractivity contribution < 1.29 is 5.11 Å². The van der Waals surface area contributed by atoms with Crippen molar-refractivity contribution in [1.82, 2.24) is 0 Å². The molecule has 33 heavy (non-hydrogen) atoms. The van der Waals surface area contributed by atoms with Crippen molar-refractivity contribution in [3.8, 4) is 0 Å². The molecule has 0 saturated heterocycles. The Hall–Kier alpha value is -0.0400. The number of hydrogen-bond acceptors (Lipinski definition) is 1. The van der Waals surface area contributed by atoms with Gasteiger partial charge in [-0.3, -0.25) is 0 Å². The maximum Gasteiger partial charge on any atom is 0.0540 e. The molecule has 0 bridgehead atoms. The van der Waals surface area contributed by atoms with Crippen LogP contribution in [0.4, 0.5) is 0 Å². The highest BCUT2D eigenvalue weighted by atomic mass is 16.3. The Morgan fingerprint density at radius 3 is 0.939 bits per heavy atom. The Kier molecular flexibility index (Phi) is 28.2. The third-order valence-electron chi connectivity index (χ3n) is 7.68. The minimum atomic E-state index is -0.0325. The van der Waals surface area contributed by atoms with Crippen molar-refractivity contribution >= 4 is 0 Å². The molecule has 0 aromatic rings. The van der Waals surface area contributed by atoms with E-state index in [-0.39, 0.29) is 6.10 Å². The predicted octanol–water partition coefficient (Wildman–Crippen LogP) is 11.6. The van der Waals surface area contributed by atoms with E-state index in [1.54, 1.807) is 0 Å². The van der Waals surface area contributed by atoms with Gasteiger partial charge in [-0.25, -0.2) is 0 Å². The summed E-state index contributed by atoms with van der Waals surface area (Å²) >= 11 is 0. The third kappa shape index (κ3) is 28.1. The highest BCUT2D eigenvalue weighted by Crippen LogP contribution is 2.19. The average Bonchev–Trinajstić information content (AvgIpc) is 2.81. The van der Waals surface area contributed by atoms with Crippen LogP contribution in [0.3, 0.4) is 0 Å². The molecule has 0 aliphatic heterocycles. The standard InChI is InChI=1S/C32H66O/c1-4-6-8-10-11-17-20-23-27-31(3)28-24-21-18-15-13-12-14-16-19-22-26-30-32(33)29-25-9-7-5-2/h31-33H,4-30H2,1-3H3/t31-,32?/m0/s1. The molecule has 0 aliphatic rings. The lowest BCUT2D eigenvalue weighted by molar-refractivity contribution is 0.147. The molecule has 0 amide bonds. The van der Waals surface area contributed by atoms with E-state index >= 15 is 0 Å². The van der Waals surface area contributed by atoms with Crippen molar-refractivity contribution in [1.29, 1.82) is 0 Å². The normalized spacial score (nSPS) is 13.5. The molecule has 0 saturated carbocycles. The van der Waals surface area contributed by atoms with Gasteiger partial charge in [0.05, 0.1) is 6.10 Å². The van der Waals surface area contributed by atoms with Gasteiger partial charge in [0.2, 0.25) is 0 Å². The van der Waals surface area contributed by atoms with Crippen molar-refractivity contribution in [2.24, 2.45) is 5.92 Å². The van der Waals surface area contributed by atoms with Crippen LogP contribution in [0.5, 0.6) is 0 Å². The van der Waals surface area contributed by atoms with Gasteiger partial charge in [-0.2, -0.15) is 0 Å². The molecule has 1 nitrogen and oxygen atoms in total. The number of aliphatic hydroxyl groups excluding tert-OH is 1. The van der Waals surface area contributed by atoms with Crippen LogP contribution < -0.4 is 0 Å². The van der Waals surface area contributed by atoms with Crippen LogP contribution in [-0.2, 0) is 0 Å². The zero-order valence-electron chi connectivity index (χ0n) is 23.7. The Morgan fingerprint density at radius 2 is 0.606 bits per heavy atom. The summed E-state index contributed by atoms with van der Waals surface area (Å²) in [6.07, 6.45) is 37.2. The van der Waals surface area contributed by atoms with E-state index in [9.17, 15) is 5.11 Å². The maximum absolute atomic E-state index is 10.0. The van der Waals surface area contributed by atoms with Crippen LogP contribution in [-0.4, -0.2) is 11.2 Å². The molecular weight excluding hydrogens is 400 g/mol. The summed E-state index contributed by atoms with van der Waals surface area (Å²) in [5, 5.41) is 10.0. The van der Waals surface area contributed by atoms with Crippen LogP contribution in [0.25, 0.3) is 0 Å². The lowest BCUT2D eigenvalue weighted by Crippen LogP contribution is -2.05. The van der Waals surface area contributed by atoms with Gasteiger partial charge in [-0.05, 0) is 18.8 Å². The third-order valence-corrected chi connectivity index (χ3v) is 7.68. The predicted molar refractivity (Wildman–Crippen MR) is 151 cm³/mol. The summed E-state index contributed by atoms with van der Waals surface area (Å²) in [7, 11) is 0. The summed E-state index contributed by atoms with van der Waals surface area (Å²) in [6, 6.07) is 0. The number of hydrogen-bond donors (Lipinski definition) is 1. The molecule has 0 aromatic heterocycles. The maximum atomic E-state index is 10.0. The molecule has 1 heteroatoms. The van der Waals surface area contributed by atoms with Crippen LogP contribution in [0, 0.1) is 5.92 Å². The fourth-order valence-corrected chi connectivity index (χ4v) is 5.19. The fraction of sp³-hybridized carbons (Fsp3) is 1.00. The van der Waals surface area contributed by atoms with Crippen molar-refractivity contribution in [2.75, 3.05) is 0 Å². The topological polar surface area (TPSA) is 20.2 Å². The molecular formula is C32H66O. The first-order chi connectivity index (χ1) is 16.2. The Morgan fingerprint density at radius 1 is 0.364 bits per heavy atom. The zero-order valence-corrected chi connectivity index (χ0v) is 23.7. The SMILES string of the molecule is CCCCCCCCCC[C@H](C)CCCCCCCCCCCCCC(O)CCCCCC. The number of aliphatic hydroxyl groups is 1. The van der Waals surface area contributed by atoms with E-state index in [1.165, 1.54) is 161 Å². The highest BCUT2D eigenvalue weighted by Gasteiger charge is 2.04. The van der Waals surface area contributed by atoms with Gasteiger partial charge in [0.1, 0.15) is 0 Å². The molecule has 0 rings (SSSR count). The van der Waals surface area contributed by atoms with Gasteiger partial charge in [-0.1, -0.05) is 181 Å². The lowest BCUT2D eigenvalue weighted by atomic mass is 9.95. The van der Waals surface area contributed by atoms with Gasteiger partial charge >= 0.3 is 0 Å². The molecule has 0 heterocycles. The molecule has 2 atom stereocenters. The minimum absolute atomic E-state index is 0.0325. The van der Waals surface area contributed by atoms with E-state index in [0.29, 0.717) is 0 Å². The molecule has 0 aromatic carbocycles. The van der Waals surface area contributed by atoms with Crippen molar-refractivity contribution in [2.45, 2.75) is 200 Å². The average molecular weight is 467 g/mol. The Bertz CT molecular complexity index is 339. The van der Waals surface area contributed by atoms with Gasteiger partial charge in [0.25, 0.3) is 0 Å². The van der Waals surface area contributed by atoms with E-state index in [1.807, 2.05) is 0 Å². The Labute approximate surface area is 211 Å². The van der Waals surface area contributed by atoms with Gasteiger partial charge in [0, 0.05) is 0 Å². The quantitative estimate of drug-likeness (QED) is 0.114. The molecule has 0 spiro atoms. The van der Waals surface area contributed by atoms with Crippen LogP contribution >= 0.6 is 0 Å². The van der Waals surface area contributed by atoms with Gasteiger partial charge in [0.15, 0.2) is 0 Å². The van der Waals surface area contributed by atoms with Crippen LogP contribution in [0.15, 0.2) is 0 Å². The fourth-order valence-electron chi connectivity index (χ4n) is 5.19. The summed E-state index contributed by atoms with van der Waals surface area (Å²) in [4.78, 5) is 0. The Balaban J connectivity index is 3.18. The monoisotopic (exact) mass is 467 g/mol. The highest BCUT2D eigenvalue weighted by molar-refractivity contribution is 4.58. The first-order valence-electron chi connectivity index (χ1n) is 15.9. The van der Waals surface area contributed by atoms with E-state index in [4.69, 9.17) is 0 Å².